The summed E-state index contributed by atoms with van der Waals surface area (Å²) in [6, 6.07) is 13.9. The summed E-state index contributed by atoms with van der Waals surface area (Å²) in [6.45, 7) is 0.0918. The quantitative estimate of drug-likeness (QED) is 0.593. The number of thioether (sulfide) groups is 1. The van der Waals surface area contributed by atoms with Crippen LogP contribution >= 0.6 is 23.4 Å². The molecular weight excluding hydrogens is 388 g/mol. The van der Waals surface area contributed by atoms with E-state index in [4.69, 9.17) is 16.7 Å². The Morgan fingerprint density at radius 1 is 1.00 bits per heavy atom. The molecule has 8 heteroatoms. The summed E-state index contributed by atoms with van der Waals surface area (Å²) in [7, 11) is 0. The molecule has 0 unspecified atom stereocenters. The van der Waals surface area contributed by atoms with Gasteiger partial charge in [-0.15, -0.1) is 11.8 Å². The van der Waals surface area contributed by atoms with E-state index in [1.165, 1.54) is 11.8 Å². The van der Waals surface area contributed by atoms with Crippen LogP contribution in [0.2, 0.25) is 5.02 Å². The lowest BCUT2D eigenvalue weighted by atomic mass is 10.1. The Labute approximate surface area is 166 Å². The molecule has 0 saturated heterocycles. The van der Waals surface area contributed by atoms with Crippen LogP contribution in [0.5, 0.6) is 0 Å². The van der Waals surface area contributed by atoms with Crippen LogP contribution < -0.4 is 10.6 Å². The molecule has 3 N–H and O–H groups in total. The normalized spacial score (nSPS) is 10.3. The molecule has 0 radical (unpaired) electrons. The molecule has 0 spiro atoms. The van der Waals surface area contributed by atoms with Gasteiger partial charge in [-0.05, 0) is 42.0 Å². The van der Waals surface area contributed by atoms with Crippen LogP contribution in [0.15, 0.2) is 48.5 Å². The minimum absolute atomic E-state index is 0.0918. The Morgan fingerprint density at radius 3 is 2.30 bits per heavy atom. The summed E-state index contributed by atoms with van der Waals surface area (Å²) in [6.07, 6.45) is -0.113. The van der Waals surface area contributed by atoms with Crippen molar-refractivity contribution in [3.05, 3.63) is 64.7 Å². The van der Waals surface area contributed by atoms with E-state index in [0.29, 0.717) is 27.8 Å². The summed E-state index contributed by atoms with van der Waals surface area (Å²) in [5, 5.41) is 14.5. The second-order valence-electron chi connectivity index (χ2n) is 5.64. The van der Waals surface area contributed by atoms with Crippen molar-refractivity contribution in [1.29, 1.82) is 0 Å². The highest BCUT2D eigenvalue weighted by Crippen LogP contribution is 2.16. The van der Waals surface area contributed by atoms with Gasteiger partial charge in [0.1, 0.15) is 0 Å². The summed E-state index contributed by atoms with van der Waals surface area (Å²) >= 11 is 7.27. The van der Waals surface area contributed by atoms with Crippen molar-refractivity contribution in [3.8, 4) is 0 Å². The number of hydrogen-bond donors (Lipinski definition) is 3. The molecule has 0 aliphatic carbocycles. The first-order valence-electron chi connectivity index (χ1n) is 8.16. The largest absolute Gasteiger partial charge is 0.481 e. The molecule has 2 aromatic carbocycles. The lowest BCUT2D eigenvalue weighted by molar-refractivity contribution is -0.136. The van der Waals surface area contributed by atoms with Gasteiger partial charge in [-0.1, -0.05) is 23.7 Å². The van der Waals surface area contributed by atoms with Gasteiger partial charge in [-0.2, -0.15) is 0 Å². The molecular formula is C19H19ClN2O4S. The molecule has 2 amide bonds. The van der Waals surface area contributed by atoms with Crippen molar-refractivity contribution in [2.75, 3.05) is 17.6 Å². The lowest BCUT2D eigenvalue weighted by Gasteiger charge is -2.07. The average molecular weight is 407 g/mol. The molecule has 0 saturated carbocycles. The number of carboxylic acid groups (broad SMARTS) is 1. The number of hydrogen-bond acceptors (Lipinski definition) is 4. The van der Waals surface area contributed by atoms with E-state index in [1.54, 1.807) is 36.4 Å². The van der Waals surface area contributed by atoms with Crippen LogP contribution in [0.3, 0.4) is 0 Å². The zero-order valence-corrected chi connectivity index (χ0v) is 16.0. The lowest BCUT2D eigenvalue weighted by Crippen LogP contribution is -2.25. The van der Waals surface area contributed by atoms with E-state index in [1.807, 2.05) is 12.1 Å². The minimum atomic E-state index is -0.956. The van der Waals surface area contributed by atoms with Crippen LogP contribution in [0.25, 0.3) is 0 Å². The van der Waals surface area contributed by atoms with Gasteiger partial charge in [0.2, 0.25) is 5.91 Å². The maximum Gasteiger partial charge on any atom is 0.305 e. The third-order valence-corrected chi connectivity index (χ3v) is 4.73. The Balaban J connectivity index is 1.72. The number of carboxylic acids is 1. The first-order chi connectivity index (χ1) is 12.9. The van der Waals surface area contributed by atoms with Crippen molar-refractivity contribution >= 4 is 46.8 Å². The fourth-order valence-corrected chi connectivity index (χ4v) is 3.04. The first kappa shape index (κ1) is 20.8. The number of carbonyl (C=O) groups excluding carboxylic acids is 2. The maximum atomic E-state index is 11.9. The topological polar surface area (TPSA) is 95.5 Å². The smallest absolute Gasteiger partial charge is 0.305 e. The molecule has 2 aromatic rings. The monoisotopic (exact) mass is 406 g/mol. The van der Waals surface area contributed by atoms with E-state index in [2.05, 4.69) is 10.6 Å². The summed E-state index contributed by atoms with van der Waals surface area (Å²) in [4.78, 5) is 34.2. The molecule has 2 rings (SSSR count). The zero-order chi connectivity index (χ0) is 19.6. The molecule has 0 fully saturated rings. The summed E-state index contributed by atoms with van der Waals surface area (Å²) in [5.41, 5.74) is 2.15. The van der Waals surface area contributed by atoms with Crippen LogP contribution in [0, 0.1) is 0 Å². The standard InChI is InChI=1S/C19H19ClN2O4S/c20-15-5-7-16(8-6-15)22-17(23)12-27-11-13-1-3-14(4-2-13)19(26)21-10-9-18(24)25/h1-8H,9-12H2,(H,21,26)(H,22,23)(H,24,25). The second-order valence-corrected chi connectivity index (χ2v) is 7.07. The number of aliphatic carboxylic acids is 1. The fourth-order valence-electron chi connectivity index (χ4n) is 2.13. The van der Waals surface area contributed by atoms with Crippen LogP contribution in [0.1, 0.15) is 22.3 Å². The summed E-state index contributed by atoms with van der Waals surface area (Å²) in [5.74, 6) is -0.424. The Bertz CT molecular complexity index is 794. The van der Waals surface area contributed by atoms with Crippen molar-refractivity contribution < 1.29 is 19.5 Å². The Morgan fingerprint density at radius 2 is 1.67 bits per heavy atom. The van der Waals surface area contributed by atoms with Gasteiger partial charge in [0.25, 0.3) is 5.91 Å². The van der Waals surface area contributed by atoms with Crippen molar-refractivity contribution in [3.63, 3.8) is 0 Å². The highest BCUT2D eigenvalue weighted by atomic mass is 35.5. The van der Waals surface area contributed by atoms with Gasteiger partial charge in [-0.3, -0.25) is 14.4 Å². The van der Waals surface area contributed by atoms with Crippen molar-refractivity contribution in [2.45, 2.75) is 12.2 Å². The number of halogens is 1. The highest BCUT2D eigenvalue weighted by molar-refractivity contribution is 7.99. The molecule has 6 nitrogen and oxygen atoms in total. The predicted molar refractivity (Wildman–Crippen MR) is 107 cm³/mol. The number of nitrogens with one attached hydrogen (secondary N) is 2. The third-order valence-electron chi connectivity index (χ3n) is 3.47. The van der Waals surface area contributed by atoms with Gasteiger partial charge in [0.15, 0.2) is 0 Å². The SMILES string of the molecule is O=C(O)CCNC(=O)c1ccc(CSCC(=O)Nc2ccc(Cl)cc2)cc1. The molecule has 0 atom stereocenters. The van der Waals surface area contributed by atoms with E-state index < -0.39 is 5.97 Å². The zero-order valence-electron chi connectivity index (χ0n) is 14.4. The molecule has 142 valence electrons. The van der Waals surface area contributed by atoms with Crippen LogP contribution in [-0.4, -0.2) is 35.2 Å². The van der Waals surface area contributed by atoms with Crippen LogP contribution in [0.4, 0.5) is 5.69 Å². The first-order valence-corrected chi connectivity index (χ1v) is 9.69. The van der Waals surface area contributed by atoms with E-state index >= 15 is 0 Å². The molecule has 0 aromatic heterocycles. The van der Waals surface area contributed by atoms with Gasteiger partial charge < -0.3 is 15.7 Å². The molecule has 0 bridgehead atoms. The maximum absolute atomic E-state index is 11.9. The van der Waals surface area contributed by atoms with Gasteiger partial charge in [-0.25, -0.2) is 0 Å². The van der Waals surface area contributed by atoms with Gasteiger partial charge in [0.05, 0.1) is 12.2 Å². The van der Waals surface area contributed by atoms with E-state index in [0.717, 1.165) is 5.56 Å². The summed E-state index contributed by atoms with van der Waals surface area (Å²) < 4.78 is 0. The van der Waals surface area contributed by atoms with Crippen molar-refractivity contribution in [1.82, 2.24) is 5.32 Å². The molecule has 0 heterocycles. The van der Waals surface area contributed by atoms with Gasteiger partial charge in [0, 0.05) is 28.6 Å². The third kappa shape index (κ3) is 7.72. The highest BCUT2D eigenvalue weighted by Gasteiger charge is 2.07. The molecule has 0 aliphatic heterocycles. The average Bonchev–Trinajstić information content (AvgIpc) is 2.64. The number of carbonyl (C=O) groups is 3. The molecule has 0 aliphatic rings. The van der Waals surface area contributed by atoms with Gasteiger partial charge >= 0.3 is 5.97 Å². The van der Waals surface area contributed by atoms with Crippen LogP contribution in [-0.2, 0) is 15.3 Å². The number of anilines is 1. The number of rotatable bonds is 9. The number of benzene rings is 2. The number of amides is 2. The van der Waals surface area contributed by atoms with E-state index in [-0.39, 0.29) is 24.8 Å². The molecule has 27 heavy (non-hydrogen) atoms. The minimum Gasteiger partial charge on any atom is -0.481 e. The Kier molecular flexibility index (Phi) is 8.16. The fraction of sp³-hybridized carbons (Fsp3) is 0.211. The second kappa shape index (κ2) is 10.6. The predicted octanol–water partition coefficient (Wildman–Crippen LogP) is 3.42. The van der Waals surface area contributed by atoms with E-state index in [9.17, 15) is 14.4 Å². The Hall–Kier alpha value is -2.51. The van der Waals surface area contributed by atoms with Crippen molar-refractivity contribution in [2.24, 2.45) is 0 Å².